The van der Waals surface area contributed by atoms with Crippen molar-refractivity contribution in [2.24, 2.45) is 0 Å². The van der Waals surface area contributed by atoms with Gasteiger partial charge in [-0.2, -0.15) is 0 Å². The Morgan fingerprint density at radius 2 is 1.29 bits per heavy atom. The van der Waals surface area contributed by atoms with Crippen LogP contribution in [0.2, 0.25) is 0 Å². The van der Waals surface area contributed by atoms with E-state index in [4.69, 9.17) is 0 Å². The molecule has 86 valence electrons. The molecule has 2 aromatic rings. The second-order valence-electron chi connectivity index (χ2n) is 3.98. The van der Waals surface area contributed by atoms with E-state index < -0.39 is 5.41 Å². The summed E-state index contributed by atoms with van der Waals surface area (Å²) >= 11 is 0. The average molecular weight is 226 g/mol. The summed E-state index contributed by atoms with van der Waals surface area (Å²) in [5.41, 5.74) is 0.662. The minimum atomic E-state index is -0.956. The normalized spacial score (nSPS) is 11.1. The van der Waals surface area contributed by atoms with Gasteiger partial charge in [0.2, 0.25) is 0 Å². The fourth-order valence-corrected chi connectivity index (χ4v) is 1.99. The van der Waals surface area contributed by atoms with E-state index >= 15 is 0 Å². The van der Waals surface area contributed by atoms with E-state index in [0.717, 1.165) is 17.4 Å². The van der Waals surface area contributed by atoms with E-state index in [1.54, 1.807) is 0 Å². The van der Waals surface area contributed by atoms with Crippen LogP contribution in [0.15, 0.2) is 60.7 Å². The molecule has 0 aliphatic rings. The van der Waals surface area contributed by atoms with E-state index in [0.29, 0.717) is 0 Å². The smallest absolute Gasteiger partial charge is 0.137 e. The molecular formula is C15H14O2. The van der Waals surface area contributed by atoms with Gasteiger partial charge in [-0.3, -0.25) is 0 Å². The molecule has 0 heterocycles. The van der Waals surface area contributed by atoms with Crippen LogP contribution in [0.4, 0.5) is 0 Å². The molecule has 2 aromatic carbocycles. The van der Waals surface area contributed by atoms with Gasteiger partial charge in [0.15, 0.2) is 0 Å². The first-order valence-corrected chi connectivity index (χ1v) is 5.52. The Kier molecular flexibility index (Phi) is 3.35. The summed E-state index contributed by atoms with van der Waals surface area (Å²) in [6.45, 7) is -0.232. The maximum Gasteiger partial charge on any atom is 0.137 e. The minimum absolute atomic E-state index is 0.232. The summed E-state index contributed by atoms with van der Waals surface area (Å²) in [7, 11) is 0. The van der Waals surface area contributed by atoms with Crippen LogP contribution in [0.25, 0.3) is 0 Å². The highest BCUT2D eigenvalue weighted by Gasteiger charge is 2.33. The molecule has 0 amide bonds. The quantitative estimate of drug-likeness (QED) is 0.811. The minimum Gasteiger partial charge on any atom is -0.395 e. The molecule has 0 aliphatic carbocycles. The van der Waals surface area contributed by atoms with Crippen molar-refractivity contribution in [3.63, 3.8) is 0 Å². The fourth-order valence-electron chi connectivity index (χ4n) is 1.99. The molecule has 17 heavy (non-hydrogen) atoms. The predicted molar refractivity (Wildman–Crippen MR) is 66.8 cm³/mol. The molecule has 2 rings (SSSR count). The molecule has 0 unspecified atom stereocenters. The molecule has 1 N–H and O–H groups in total. The zero-order valence-electron chi connectivity index (χ0n) is 9.41. The predicted octanol–water partition coefficient (Wildman–Crippen LogP) is 2.16. The summed E-state index contributed by atoms with van der Waals surface area (Å²) in [6, 6.07) is 18.7. The van der Waals surface area contributed by atoms with E-state index in [9.17, 15) is 9.90 Å². The average Bonchev–Trinajstić information content (AvgIpc) is 2.43. The number of aldehydes is 1. The standard InChI is InChI=1S/C15H14O2/c16-11-15(12-17,13-7-3-1-4-8-13)14-9-5-2-6-10-14/h1-11,17H,12H2. The topological polar surface area (TPSA) is 37.3 Å². The molecular weight excluding hydrogens is 212 g/mol. The van der Waals surface area contributed by atoms with Crippen molar-refractivity contribution in [2.75, 3.05) is 6.61 Å². The summed E-state index contributed by atoms with van der Waals surface area (Å²) in [6.07, 6.45) is 0.817. The van der Waals surface area contributed by atoms with Gasteiger partial charge in [-0.25, -0.2) is 0 Å². The second-order valence-corrected chi connectivity index (χ2v) is 3.98. The summed E-state index contributed by atoms with van der Waals surface area (Å²) < 4.78 is 0. The number of aliphatic hydroxyl groups excluding tert-OH is 1. The third kappa shape index (κ3) is 1.99. The van der Waals surface area contributed by atoms with Gasteiger partial charge in [0.25, 0.3) is 0 Å². The van der Waals surface area contributed by atoms with Gasteiger partial charge in [-0.15, -0.1) is 0 Å². The number of carbonyl (C=O) groups excluding carboxylic acids is 1. The molecule has 0 saturated heterocycles. The SMILES string of the molecule is O=CC(CO)(c1ccccc1)c1ccccc1. The Bertz CT molecular complexity index is 437. The van der Waals surface area contributed by atoms with Crippen molar-refractivity contribution < 1.29 is 9.90 Å². The zero-order chi connectivity index (χ0) is 12.1. The molecule has 0 fully saturated rings. The van der Waals surface area contributed by atoms with Crippen molar-refractivity contribution >= 4 is 6.29 Å². The van der Waals surface area contributed by atoms with Crippen molar-refractivity contribution in [1.82, 2.24) is 0 Å². The maximum atomic E-state index is 11.5. The molecule has 0 spiro atoms. The molecule has 0 radical (unpaired) electrons. The van der Waals surface area contributed by atoms with Crippen molar-refractivity contribution in [3.8, 4) is 0 Å². The van der Waals surface area contributed by atoms with Crippen LogP contribution in [-0.4, -0.2) is 18.0 Å². The Hall–Kier alpha value is -1.93. The summed E-state index contributed by atoms with van der Waals surface area (Å²) in [5.74, 6) is 0. The van der Waals surface area contributed by atoms with Gasteiger partial charge < -0.3 is 9.90 Å². The zero-order valence-corrected chi connectivity index (χ0v) is 9.41. The number of carbonyl (C=O) groups is 1. The van der Waals surface area contributed by atoms with Crippen LogP contribution >= 0.6 is 0 Å². The lowest BCUT2D eigenvalue weighted by atomic mass is 9.76. The largest absolute Gasteiger partial charge is 0.395 e. The molecule has 0 aliphatic heterocycles. The monoisotopic (exact) mass is 226 g/mol. The molecule has 0 atom stereocenters. The van der Waals surface area contributed by atoms with E-state index in [1.807, 2.05) is 60.7 Å². The number of hydrogen-bond acceptors (Lipinski definition) is 2. The fraction of sp³-hybridized carbons (Fsp3) is 0.133. The van der Waals surface area contributed by atoms with Crippen molar-refractivity contribution in [3.05, 3.63) is 71.8 Å². The highest BCUT2D eigenvalue weighted by molar-refractivity contribution is 5.75. The van der Waals surface area contributed by atoms with E-state index in [1.165, 1.54) is 0 Å². The Labute approximate surface area is 101 Å². The summed E-state index contributed by atoms with van der Waals surface area (Å²) in [5, 5.41) is 9.65. The van der Waals surface area contributed by atoms with Crippen LogP contribution in [0.3, 0.4) is 0 Å². The Morgan fingerprint density at radius 3 is 1.59 bits per heavy atom. The molecule has 2 nitrogen and oxygen atoms in total. The highest BCUT2D eigenvalue weighted by atomic mass is 16.3. The number of aliphatic hydroxyl groups is 1. The van der Waals surface area contributed by atoms with Gasteiger partial charge in [-0.1, -0.05) is 60.7 Å². The van der Waals surface area contributed by atoms with Gasteiger partial charge in [0, 0.05) is 0 Å². The molecule has 0 bridgehead atoms. The first-order chi connectivity index (χ1) is 8.33. The maximum absolute atomic E-state index is 11.5. The van der Waals surface area contributed by atoms with E-state index in [2.05, 4.69) is 0 Å². The van der Waals surface area contributed by atoms with Crippen LogP contribution in [-0.2, 0) is 10.2 Å². The second kappa shape index (κ2) is 4.93. The Morgan fingerprint density at radius 1 is 0.882 bits per heavy atom. The van der Waals surface area contributed by atoms with Crippen LogP contribution in [0, 0.1) is 0 Å². The van der Waals surface area contributed by atoms with Crippen LogP contribution < -0.4 is 0 Å². The van der Waals surface area contributed by atoms with Gasteiger partial charge in [0.05, 0.1) is 12.0 Å². The first-order valence-electron chi connectivity index (χ1n) is 5.52. The van der Waals surface area contributed by atoms with E-state index in [-0.39, 0.29) is 6.61 Å². The number of benzene rings is 2. The van der Waals surface area contributed by atoms with Crippen molar-refractivity contribution in [2.45, 2.75) is 5.41 Å². The molecule has 0 saturated carbocycles. The molecule has 2 heteroatoms. The number of rotatable bonds is 4. The Balaban J connectivity index is 2.58. The van der Waals surface area contributed by atoms with Gasteiger partial charge in [0.1, 0.15) is 6.29 Å². The lowest BCUT2D eigenvalue weighted by molar-refractivity contribution is -0.112. The molecule has 0 aromatic heterocycles. The number of hydrogen-bond donors (Lipinski definition) is 1. The summed E-state index contributed by atoms with van der Waals surface area (Å²) in [4.78, 5) is 11.5. The third-order valence-corrected chi connectivity index (χ3v) is 3.03. The van der Waals surface area contributed by atoms with Gasteiger partial charge >= 0.3 is 0 Å². The van der Waals surface area contributed by atoms with Gasteiger partial charge in [-0.05, 0) is 11.1 Å². The van der Waals surface area contributed by atoms with Crippen LogP contribution in [0.1, 0.15) is 11.1 Å². The first kappa shape index (κ1) is 11.6. The lowest BCUT2D eigenvalue weighted by Gasteiger charge is -2.26. The highest BCUT2D eigenvalue weighted by Crippen LogP contribution is 2.29. The third-order valence-electron chi connectivity index (χ3n) is 3.03. The van der Waals surface area contributed by atoms with Crippen molar-refractivity contribution in [1.29, 1.82) is 0 Å². The lowest BCUT2D eigenvalue weighted by Crippen LogP contribution is -2.33. The van der Waals surface area contributed by atoms with Crippen LogP contribution in [0.5, 0.6) is 0 Å².